The number of hydrogen-bond donors (Lipinski definition) is 1. The van der Waals surface area contributed by atoms with Crippen LogP contribution < -0.4 is 15.7 Å². The molecule has 1 N–H and O–H groups in total. The normalized spacial score (nSPS) is 14.5. The first kappa shape index (κ1) is 36.5. The van der Waals surface area contributed by atoms with Crippen LogP contribution in [0.25, 0.3) is 16.9 Å². The summed E-state index contributed by atoms with van der Waals surface area (Å²) in [7, 11) is 0. The molecule has 0 bridgehead atoms. The van der Waals surface area contributed by atoms with E-state index in [1.54, 1.807) is 35.4 Å². The number of carbonyl (C=O) groups is 2. The Labute approximate surface area is 306 Å². The molecular formula is C38H36BrF3N6O4. The number of aromatic nitrogens is 4. The molecule has 52 heavy (non-hydrogen) atoms. The number of carbonyl (C=O) groups excluding carboxylic acids is 2. The number of ether oxygens (including phenoxy) is 1. The van der Waals surface area contributed by atoms with Crippen LogP contribution >= 0.6 is 15.9 Å². The van der Waals surface area contributed by atoms with E-state index < -0.39 is 29.8 Å². The Morgan fingerprint density at radius 1 is 1.02 bits per heavy atom. The number of benzene rings is 3. The predicted octanol–water partition coefficient (Wildman–Crippen LogP) is 7.11. The monoisotopic (exact) mass is 776 g/mol. The van der Waals surface area contributed by atoms with Crippen LogP contribution in [0.3, 0.4) is 0 Å². The summed E-state index contributed by atoms with van der Waals surface area (Å²) in [6, 6.07) is 21.9. The van der Waals surface area contributed by atoms with E-state index in [9.17, 15) is 27.6 Å². The summed E-state index contributed by atoms with van der Waals surface area (Å²) in [6.45, 7) is 5.41. The van der Waals surface area contributed by atoms with Gasteiger partial charge in [-0.15, -0.1) is 0 Å². The molecule has 270 valence electrons. The van der Waals surface area contributed by atoms with Crippen LogP contribution in [0.4, 0.5) is 13.2 Å². The number of nitrogens with one attached hydrogen (secondary N) is 1. The molecular weight excluding hydrogens is 741 g/mol. The minimum absolute atomic E-state index is 0.0238. The van der Waals surface area contributed by atoms with Gasteiger partial charge in [0, 0.05) is 40.9 Å². The van der Waals surface area contributed by atoms with Crippen LogP contribution in [0, 0.1) is 12.3 Å². The third kappa shape index (κ3) is 7.25. The van der Waals surface area contributed by atoms with Gasteiger partial charge in [-0.05, 0) is 93.4 Å². The highest BCUT2D eigenvalue weighted by molar-refractivity contribution is 9.10. The Hall–Kier alpha value is -5.24. The lowest BCUT2D eigenvalue weighted by Crippen LogP contribution is -2.47. The molecule has 0 radical (unpaired) electrons. The van der Waals surface area contributed by atoms with Crippen molar-refractivity contribution in [2.75, 3.05) is 6.61 Å². The third-order valence-corrected chi connectivity index (χ3v) is 10.1. The minimum Gasteiger partial charge on any atom is -0.493 e. The van der Waals surface area contributed by atoms with Gasteiger partial charge < -0.3 is 15.0 Å². The van der Waals surface area contributed by atoms with E-state index in [0.29, 0.717) is 22.6 Å². The number of hydrogen-bond acceptors (Lipinski definition) is 6. The smallest absolute Gasteiger partial charge is 0.397 e. The average molecular weight is 778 g/mol. The van der Waals surface area contributed by atoms with Gasteiger partial charge in [0.2, 0.25) is 0 Å². The van der Waals surface area contributed by atoms with Gasteiger partial charge in [-0.2, -0.15) is 23.4 Å². The van der Waals surface area contributed by atoms with E-state index in [1.807, 2.05) is 44.2 Å². The average Bonchev–Trinajstić information content (AvgIpc) is 3.41. The van der Waals surface area contributed by atoms with Gasteiger partial charge in [-0.1, -0.05) is 40.2 Å². The Morgan fingerprint density at radius 3 is 2.42 bits per heavy atom. The number of alkyl halides is 3. The molecule has 3 aromatic carbocycles. The summed E-state index contributed by atoms with van der Waals surface area (Å²) in [5.74, 6) is -0.643. The molecule has 0 aliphatic carbocycles. The molecule has 6 rings (SSSR count). The maximum Gasteiger partial charge on any atom is 0.397 e. The van der Waals surface area contributed by atoms with Gasteiger partial charge in [-0.3, -0.25) is 18.7 Å². The number of nitrogens with zero attached hydrogens (tertiary/aromatic N) is 5. The highest BCUT2D eigenvalue weighted by Gasteiger charge is 2.48. The van der Waals surface area contributed by atoms with Crippen molar-refractivity contribution < 1.29 is 27.5 Å². The second kappa shape index (κ2) is 14.4. The molecule has 2 amide bonds. The van der Waals surface area contributed by atoms with Gasteiger partial charge in [0.1, 0.15) is 18.1 Å². The number of rotatable bonds is 9. The van der Waals surface area contributed by atoms with Crippen molar-refractivity contribution in [3.63, 3.8) is 0 Å². The molecule has 1 aliphatic rings. The van der Waals surface area contributed by atoms with Crippen molar-refractivity contribution in [3.05, 3.63) is 128 Å². The summed E-state index contributed by atoms with van der Waals surface area (Å²) in [5, 5.41) is 11.1. The zero-order chi connectivity index (χ0) is 37.4. The van der Waals surface area contributed by atoms with E-state index in [2.05, 4.69) is 31.4 Å². The summed E-state index contributed by atoms with van der Waals surface area (Å²) < 4.78 is 49.4. The van der Waals surface area contributed by atoms with Crippen LogP contribution in [0.2, 0.25) is 0 Å². The van der Waals surface area contributed by atoms with Crippen LogP contribution in [0.5, 0.6) is 5.75 Å². The maximum atomic E-state index is 14.3. The molecule has 0 saturated heterocycles. The zero-order valence-electron chi connectivity index (χ0n) is 28.9. The van der Waals surface area contributed by atoms with Crippen LogP contribution in [-0.4, -0.2) is 54.9 Å². The van der Waals surface area contributed by atoms with E-state index in [1.165, 1.54) is 33.4 Å². The van der Waals surface area contributed by atoms with E-state index in [0.717, 1.165) is 35.0 Å². The lowest BCUT2D eigenvalue weighted by Gasteiger charge is -2.34. The van der Waals surface area contributed by atoms with Crippen molar-refractivity contribution in [1.29, 1.82) is 0 Å². The fourth-order valence-electron chi connectivity index (χ4n) is 5.97. The first-order valence-electron chi connectivity index (χ1n) is 16.5. The van der Waals surface area contributed by atoms with Crippen LogP contribution in [0.1, 0.15) is 58.4 Å². The summed E-state index contributed by atoms with van der Waals surface area (Å²) in [4.78, 5) is 43.9. The number of amides is 2. The lowest BCUT2D eigenvalue weighted by atomic mass is 9.94. The van der Waals surface area contributed by atoms with Gasteiger partial charge >= 0.3 is 11.9 Å². The predicted molar refractivity (Wildman–Crippen MR) is 192 cm³/mol. The van der Waals surface area contributed by atoms with E-state index >= 15 is 0 Å². The van der Waals surface area contributed by atoms with Gasteiger partial charge in [-0.25, -0.2) is 4.79 Å². The SMILES string of the molecule is Cc1cc(C(=O)N2Cc3c(C(=O)NCc4ccccc4-c4cccnn4)n(-c4ccc(OCC(C)(C)C(F)(F)F)cc4)c(=O)n3C[C@@H]2C)ccc1Br. The Morgan fingerprint density at radius 2 is 1.75 bits per heavy atom. The number of halogens is 4. The first-order chi connectivity index (χ1) is 24.7. The Bertz CT molecular complexity index is 2180. The third-order valence-electron chi connectivity index (χ3n) is 9.19. The molecule has 0 unspecified atom stereocenters. The molecule has 1 aliphatic heterocycles. The van der Waals surface area contributed by atoms with Crippen LogP contribution in [0.15, 0.2) is 94.3 Å². The van der Waals surface area contributed by atoms with E-state index in [-0.39, 0.29) is 43.0 Å². The number of fused-ring (bicyclic) bond motifs is 1. The number of aryl methyl sites for hydroxylation is 1. The molecule has 14 heteroatoms. The fourth-order valence-corrected chi connectivity index (χ4v) is 6.22. The quantitative estimate of drug-likeness (QED) is 0.171. The molecule has 0 saturated carbocycles. The minimum atomic E-state index is -4.47. The van der Waals surface area contributed by atoms with Gasteiger partial charge in [0.15, 0.2) is 0 Å². The molecule has 0 spiro atoms. The van der Waals surface area contributed by atoms with Gasteiger partial charge in [0.05, 0.1) is 29.0 Å². The Kier molecular flexibility index (Phi) is 10.1. The maximum absolute atomic E-state index is 14.3. The largest absolute Gasteiger partial charge is 0.493 e. The molecule has 10 nitrogen and oxygen atoms in total. The highest BCUT2D eigenvalue weighted by Crippen LogP contribution is 2.38. The topological polar surface area (TPSA) is 111 Å². The fraction of sp³-hybridized carbons (Fsp3) is 0.289. The van der Waals surface area contributed by atoms with E-state index in [4.69, 9.17) is 4.74 Å². The van der Waals surface area contributed by atoms with Crippen molar-refractivity contribution in [1.82, 2.24) is 29.5 Å². The standard InChI is InChI=1S/C38H36BrF3N6O4/c1-23-18-25(11-16-30(23)39)35(50)46-21-32-33(34(49)43-19-26-8-5-6-9-29(26)31-10-7-17-44-45-31)48(36(51)47(32)20-24(46)2)27-12-14-28(15-13-27)52-22-37(3,4)38(40,41)42/h5-18,24H,19-22H2,1-4H3,(H,43,49)/t24-/m0/s1. The molecule has 3 heterocycles. The molecule has 1 atom stereocenters. The molecule has 2 aromatic heterocycles. The summed E-state index contributed by atoms with van der Waals surface area (Å²) in [5.41, 5.74) is 1.60. The first-order valence-corrected chi connectivity index (χ1v) is 17.3. The zero-order valence-corrected chi connectivity index (χ0v) is 30.5. The summed E-state index contributed by atoms with van der Waals surface area (Å²) >= 11 is 3.47. The summed E-state index contributed by atoms with van der Waals surface area (Å²) in [6.07, 6.45) is -2.90. The lowest BCUT2D eigenvalue weighted by molar-refractivity contribution is -0.219. The van der Waals surface area contributed by atoms with Crippen molar-refractivity contribution >= 4 is 27.7 Å². The van der Waals surface area contributed by atoms with Crippen molar-refractivity contribution in [2.45, 2.75) is 59.5 Å². The Balaban J connectivity index is 1.37. The van der Waals surface area contributed by atoms with Crippen molar-refractivity contribution in [3.8, 4) is 22.7 Å². The van der Waals surface area contributed by atoms with Crippen molar-refractivity contribution in [2.24, 2.45) is 5.41 Å². The number of imidazole rings is 1. The van der Waals surface area contributed by atoms with Gasteiger partial charge in [0.25, 0.3) is 11.8 Å². The molecule has 5 aromatic rings. The second-order valence-corrected chi connectivity index (χ2v) is 14.2. The van der Waals surface area contributed by atoms with Crippen LogP contribution in [-0.2, 0) is 19.6 Å². The molecule has 0 fully saturated rings. The second-order valence-electron chi connectivity index (χ2n) is 13.4. The highest BCUT2D eigenvalue weighted by atomic mass is 79.9.